The Morgan fingerprint density at radius 3 is 2.52 bits per heavy atom. The van der Waals surface area contributed by atoms with Gasteiger partial charge in [-0.2, -0.15) is 0 Å². The zero-order valence-electron chi connectivity index (χ0n) is 17.0. The van der Waals surface area contributed by atoms with Crippen LogP contribution in [0.15, 0.2) is 41.4 Å². The van der Waals surface area contributed by atoms with Gasteiger partial charge in [0.15, 0.2) is 5.17 Å². The molecule has 1 aliphatic rings. The minimum absolute atomic E-state index is 0.0902. The minimum atomic E-state index is -0.488. The van der Waals surface area contributed by atoms with Crippen LogP contribution in [-0.2, 0) is 9.59 Å². The van der Waals surface area contributed by atoms with Gasteiger partial charge in [0.05, 0.1) is 5.69 Å². The first-order valence-electron chi connectivity index (χ1n) is 9.49. The van der Waals surface area contributed by atoms with Crippen molar-refractivity contribution < 1.29 is 9.59 Å². The van der Waals surface area contributed by atoms with Gasteiger partial charge in [-0.15, -0.1) is 0 Å². The van der Waals surface area contributed by atoms with Gasteiger partial charge in [0.1, 0.15) is 5.25 Å². The molecule has 0 radical (unpaired) electrons. The Hall–Kier alpha value is -2.31. The van der Waals surface area contributed by atoms with E-state index in [4.69, 9.17) is 11.6 Å². The topological polar surface area (TPSA) is 61.8 Å². The molecule has 0 saturated carbocycles. The minimum Gasteiger partial charge on any atom is -0.326 e. The molecule has 1 fully saturated rings. The van der Waals surface area contributed by atoms with Gasteiger partial charge in [-0.05, 0) is 56.5 Å². The number of amidine groups is 1. The van der Waals surface area contributed by atoms with E-state index in [1.54, 1.807) is 11.0 Å². The summed E-state index contributed by atoms with van der Waals surface area (Å²) in [5.41, 5.74) is 4.51. The fourth-order valence-corrected chi connectivity index (χ4v) is 4.57. The molecule has 1 saturated heterocycles. The van der Waals surface area contributed by atoms with Crippen molar-refractivity contribution in [2.45, 2.75) is 39.4 Å². The second kappa shape index (κ2) is 9.01. The Bertz CT molecular complexity index is 970. The predicted molar refractivity (Wildman–Crippen MR) is 121 cm³/mol. The van der Waals surface area contributed by atoms with E-state index in [1.807, 2.05) is 58.0 Å². The first-order valence-corrected chi connectivity index (χ1v) is 10.7. The summed E-state index contributed by atoms with van der Waals surface area (Å²) in [5.74, 6) is -0.267. The van der Waals surface area contributed by atoms with Crippen LogP contribution in [0.2, 0.25) is 5.02 Å². The molecule has 0 spiro atoms. The van der Waals surface area contributed by atoms with Gasteiger partial charge in [-0.1, -0.05) is 47.6 Å². The van der Waals surface area contributed by atoms with Gasteiger partial charge in [-0.3, -0.25) is 14.5 Å². The Kier molecular flexibility index (Phi) is 6.65. The lowest BCUT2D eigenvalue weighted by Crippen LogP contribution is -2.33. The molecule has 3 rings (SSSR count). The summed E-state index contributed by atoms with van der Waals surface area (Å²) in [7, 11) is 0. The van der Waals surface area contributed by atoms with Crippen LogP contribution in [0.5, 0.6) is 0 Å². The van der Waals surface area contributed by atoms with Crippen LogP contribution in [0, 0.1) is 20.8 Å². The molecule has 1 unspecified atom stereocenters. The molecule has 152 valence electrons. The van der Waals surface area contributed by atoms with Gasteiger partial charge in [-0.25, -0.2) is 4.99 Å². The third kappa shape index (κ3) is 4.82. The van der Waals surface area contributed by atoms with E-state index in [9.17, 15) is 9.59 Å². The number of hydrogen-bond donors (Lipinski definition) is 1. The summed E-state index contributed by atoms with van der Waals surface area (Å²) in [5, 5.41) is 3.67. The highest BCUT2D eigenvalue weighted by Crippen LogP contribution is 2.33. The second-order valence-electron chi connectivity index (χ2n) is 7.03. The maximum atomic E-state index is 12.8. The highest BCUT2D eigenvalue weighted by atomic mass is 35.5. The fraction of sp³-hybridized carbons (Fsp3) is 0.318. The number of thioether (sulfide) groups is 1. The second-order valence-corrected chi connectivity index (χ2v) is 8.64. The Labute approximate surface area is 180 Å². The molecule has 29 heavy (non-hydrogen) atoms. The van der Waals surface area contributed by atoms with Crippen molar-refractivity contribution >= 4 is 51.7 Å². The monoisotopic (exact) mass is 429 g/mol. The smallest absolute Gasteiger partial charge is 0.242 e. The number of para-hydroxylation sites is 1. The molecule has 1 aliphatic heterocycles. The number of carbonyl (C=O) groups is 2. The van der Waals surface area contributed by atoms with Crippen LogP contribution in [-0.4, -0.2) is 33.7 Å². The van der Waals surface area contributed by atoms with Crippen molar-refractivity contribution in [1.29, 1.82) is 0 Å². The Morgan fingerprint density at radius 2 is 1.86 bits per heavy atom. The number of amides is 2. The Morgan fingerprint density at radius 1 is 1.17 bits per heavy atom. The summed E-state index contributed by atoms with van der Waals surface area (Å²) in [6.07, 6.45) is 0.0985. The van der Waals surface area contributed by atoms with Crippen LogP contribution in [0.4, 0.5) is 11.4 Å². The maximum absolute atomic E-state index is 12.8. The summed E-state index contributed by atoms with van der Waals surface area (Å²) >= 11 is 7.42. The van der Waals surface area contributed by atoms with Gasteiger partial charge in [0.2, 0.25) is 11.8 Å². The van der Waals surface area contributed by atoms with E-state index in [0.717, 1.165) is 28.1 Å². The molecule has 2 aromatic carbocycles. The summed E-state index contributed by atoms with van der Waals surface area (Å²) < 4.78 is 0. The number of carbonyl (C=O) groups excluding carboxylic acids is 2. The quantitative estimate of drug-likeness (QED) is 0.706. The van der Waals surface area contributed by atoms with E-state index in [1.165, 1.54) is 11.8 Å². The van der Waals surface area contributed by atoms with Crippen LogP contribution in [0.3, 0.4) is 0 Å². The number of aliphatic imine (C=N–C) groups is 1. The lowest BCUT2D eigenvalue weighted by Gasteiger charge is -2.14. The van der Waals surface area contributed by atoms with Crippen molar-refractivity contribution in [1.82, 2.24) is 4.90 Å². The number of halogens is 1. The van der Waals surface area contributed by atoms with Crippen LogP contribution >= 0.6 is 23.4 Å². The van der Waals surface area contributed by atoms with E-state index in [2.05, 4.69) is 10.3 Å². The number of aryl methyl sites for hydroxylation is 3. The molecule has 1 atom stereocenters. The molecule has 1 N–H and O–H groups in total. The van der Waals surface area contributed by atoms with Gasteiger partial charge in [0.25, 0.3) is 0 Å². The average Bonchev–Trinajstić information content (AvgIpc) is 2.95. The van der Waals surface area contributed by atoms with Gasteiger partial charge < -0.3 is 5.32 Å². The first-order chi connectivity index (χ1) is 13.8. The molecule has 0 aliphatic carbocycles. The standard InChI is InChI=1S/C22H24ClN3O2S/c1-5-26-21(28)18(12-19(27)25-20-14(3)7-6-8-15(20)4)29-22(26)24-17-11-16(23)10-9-13(17)2/h6-11,18H,5,12H2,1-4H3,(H,25,27). The lowest BCUT2D eigenvalue weighted by atomic mass is 10.1. The third-order valence-corrected chi connectivity index (χ3v) is 6.25. The summed E-state index contributed by atoms with van der Waals surface area (Å²) in [6.45, 7) is 8.25. The highest BCUT2D eigenvalue weighted by molar-refractivity contribution is 8.15. The van der Waals surface area contributed by atoms with E-state index in [-0.39, 0.29) is 18.2 Å². The molecule has 0 bridgehead atoms. The zero-order chi connectivity index (χ0) is 21.1. The summed E-state index contributed by atoms with van der Waals surface area (Å²) in [4.78, 5) is 31.7. The molecule has 5 nitrogen and oxygen atoms in total. The molecule has 1 heterocycles. The van der Waals surface area contributed by atoms with Crippen molar-refractivity contribution in [3.8, 4) is 0 Å². The number of nitrogens with zero attached hydrogens (tertiary/aromatic N) is 2. The third-order valence-electron chi connectivity index (χ3n) is 4.84. The van der Waals surface area contributed by atoms with Crippen molar-refractivity contribution in [3.63, 3.8) is 0 Å². The zero-order valence-corrected chi connectivity index (χ0v) is 18.5. The number of hydrogen-bond acceptors (Lipinski definition) is 4. The van der Waals surface area contributed by atoms with Crippen molar-refractivity contribution in [2.24, 2.45) is 4.99 Å². The Balaban J connectivity index is 1.77. The molecule has 0 aromatic heterocycles. The highest BCUT2D eigenvalue weighted by Gasteiger charge is 2.38. The summed E-state index contributed by atoms with van der Waals surface area (Å²) in [6, 6.07) is 11.4. The van der Waals surface area contributed by atoms with Crippen LogP contribution in [0.25, 0.3) is 0 Å². The number of anilines is 1. The van der Waals surface area contributed by atoms with Crippen molar-refractivity contribution in [2.75, 3.05) is 11.9 Å². The predicted octanol–water partition coefficient (Wildman–Crippen LogP) is 5.25. The lowest BCUT2D eigenvalue weighted by molar-refractivity contribution is -0.128. The first kappa shape index (κ1) is 21.4. The number of benzene rings is 2. The maximum Gasteiger partial charge on any atom is 0.242 e. The van der Waals surface area contributed by atoms with E-state index >= 15 is 0 Å². The molecule has 2 aromatic rings. The molecular formula is C22H24ClN3O2S. The SMILES string of the molecule is CCN1C(=O)C(CC(=O)Nc2c(C)cccc2C)SC1=Nc1cc(Cl)ccc1C. The molecular weight excluding hydrogens is 406 g/mol. The van der Waals surface area contributed by atoms with Crippen molar-refractivity contribution in [3.05, 3.63) is 58.1 Å². The van der Waals surface area contributed by atoms with E-state index < -0.39 is 5.25 Å². The average molecular weight is 430 g/mol. The van der Waals surface area contributed by atoms with Gasteiger partial charge in [0, 0.05) is 23.7 Å². The van der Waals surface area contributed by atoms with Crippen LogP contribution in [0.1, 0.15) is 30.0 Å². The number of nitrogens with one attached hydrogen (secondary N) is 1. The number of rotatable bonds is 5. The normalized spacial score (nSPS) is 17.8. The largest absolute Gasteiger partial charge is 0.326 e. The molecule has 7 heteroatoms. The van der Waals surface area contributed by atoms with Crippen LogP contribution < -0.4 is 5.32 Å². The fourth-order valence-electron chi connectivity index (χ4n) is 3.19. The van der Waals surface area contributed by atoms with Gasteiger partial charge >= 0.3 is 0 Å². The van der Waals surface area contributed by atoms with E-state index in [0.29, 0.717) is 16.7 Å². The molecule has 2 amide bonds.